The van der Waals surface area contributed by atoms with Crippen LogP contribution in [0.15, 0.2) is 24.3 Å². The number of methoxy groups -OCH3 is 1. The molecule has 0 unspecified atom stereocenters. The van der Waals surface area contributed by atoms with E-state index in [0.717, 1.165) is 23.3 Å². The first-order chi connectivity index (χ1) is 9.19. The van der Waals surface area contributed by atoms with E-state index in [-0.39, 0.29) is 0 Å². The van der Waals surface area contributed by atoms with Crippen molar-refractivity contribution in [3.8, 4) is 5.75 Å². The molecule has 1 aliphatic rings. The van der Waals surface area contributed by atoms with Crippen molar-refractivity contribution in [2.24, 2.45) is 11.8 Å². The molecule has 0 aliphatic heterocycles. The fourth-order valence-corrected chi connectivity index (χ4v) is 2.48. The molecule has 0 atom stereocenters. The van der Waals surface area contributed by atoms with Crippen molar-refractivity contribution < 1.29 is 9.47 Å². The Kier molecular flexibility index (Phi) is 5.08. The van der Waals surface area contributed by atoms with Gasteiger partial charge in [0.1, 0.15) is 12.4 Å². The van der Waals surface area contributed by atoms with E-state index < -0.39 is 0 Å². The third kappa shape index (κ3) is 4.13. The van der Waals surface area contributed by atoms with Gasteiger partial charge < -0.3 is 14.8 Å². The first kappa shape index (κ1) is 14.2. The average molecular weight is 263 g/mol. The minimum Gasteiger partial charge on any atom is -0.491 e. The van der Waals surface area contributed by atoms with Crippen LogP contribution in [0.4, 0.5) is 5.69 Å². The molecule has 0 bridgehead atoms. The molecule has 0 aromatic heterocycles. The number of hydrogen-bond donors (Lipinski definition) is 1. The number of rotatable bonds is 7. The minimum atomic E-state index is 0.596. The zero-order valence-corrected chi connectivity index (χ0v) is 12.2. The number of hydrogen-bond acceptors (Lipinski definition) is 3. The highest BCUT2D eigenvalue weighted by Gasteiger charge is 2.30. The Morgan fingerprint density at radius 1 is 1.26 bits per heavy atom. The Morgan fingerprint density at radius 3 is 2.74 bits per heavy atom. The third-order valence-corrected chi connectivity index (χ3v) is 3.88. The summed E-state index contributed by atoms with van der Waals surface area (Å²) in [6.45, 7) is 5.84. The van der Waals surface area contributed by atoms with Crippen molar-refractivity contribution in [2.75, 3.05) is 25.6 Å². The molecule has 106 valence electrons. The maximum atomic E-state index is 5.61. The molecule has 19 heavy (non-hydrogen) atoms. The van der Waals surface area contributed by atoms with Crippen molar-refractivity contribution in [1.29, 1.82) is 0 Å². The number of benzene rings is 1. The van der Waals surface area contributed by atoms with Crippen molar-refractivity contribution in [3.63, 3.8) is 0 Å². The molecule has 1 N–H and O–H groups in total. The van der Waals surface area contributed by atoms with Crippen LogP contribution in [-0.4, -0.2) is 26.4 Å². The number of anilines is 1. The SMILES string of the molecule is COCCOc1cccc(NC2CC(C(C)C)C2)c1. The fraction of sp³-hybridized carbons (Fsp3) is 0.625. The van der Waals surface area contributed by atoms with E-state index in [9.17, 15) is 0 Å². The van der Waals surface area contributed by atoms with Gasteiger partial charge >= 0.3 is 0 Å². The van der Waals surface area contributed by atoms with Gasteiger partial charge in [0.05, 0.1) is 6.61 Å². The van der Waals surface area contributed by atoms with Crippen molar-refractivity contribution >= 4 is 5.69 Å². The summed E-state index contributed by atoms with van der Waals surface area (Å²) in [6, 6.07) is 8.81. The summed E-state index contributed by atoms with van der Waals surface area (Å²) in [6.07, 6.45) is 2.57. The molecule has 0 amide bonds. The van der Waals surface area contributed by atoms with Gasteiger partial charge in [-0.3, -0.25) is 0 Å². The largest absolute Gasteiger partial charge is 0.491 e. The van der Waals surface area contributed by atoms with Crippen LogP contribution in [-0.2, 0) is 4.74 Å². The molecule has 3 nitrogen and oxygen atoms in total. The first-order valence-corrected chi connectivity index (χ1v) is 7.17. The molecular formula is C16H25NO2. The van der Waals surface area contributed by atoms with Crippen molar-refractivity contribution in [3.05, 3.63) is 24.3 Å². The van der Waals surface area contributed by atoms with Crippen LogP contribution in [0.3, 0.4) is 0 Å². The van der Waals surface area contributed by atoms with Gasteiger partial charge in [0.2, 0.25) is 0 Å². The van der Waals surface area contributed by atoms with Gasteiger partial charge in [-0.15, -0.1) is 0 Å². The Balaban J connectivity index is 1.79. The van der Waals surface area contributed by atoms with Gasteiger partial charge in [0, 0.05) is 24.9 Å². The van der Waals surface area contributed by atoms with Crippen LogP contribution in [0, 0.1) is 11.8 Å². The van der Waals surface area contributed by atoms with Crippen LogP contribution in [0.25, 0.3) is 0 Å². The Bertz CT molecular complexity index is 386. The second-order valence-electron chi connectivity index (χ2n) is 5.69. The Labute approximate surface area is 116 Å². The van der Waals surface area contributed by atoms with Crippen LogP contribution in [0.5, 0.6) is 5.75 Å². The maximum Gasteiger partial charge on any atom is 0.121 e. The minimum absolute atomic E-state index is 0.596. The molecule has 1 aromatic rings. The fourth-order valence-electron chi connectivity index (χ4n) is 2.48. The lowest BCUT2D eigenvalue weighted by Crippen LogP contribution is -2.37. The van der Waals surface area contributed by atoms with Crippen LogP contribution >= 0.6 is 0 Å². The van der Waals surface area contributed by atoms with Crippen LogP contribution in [0.2, 0.25) is 0 Å². The zero-order chi connectivity index (χ0) is 13.7. The summed E-state index contributed by atoms with van der Waals surface area (Å²) < 4.78 is 10.6. The van der Waals surface area contributed by atoms with E-state index in [0.29, 0.717) is 19.3 Å². The standard InChI is InChI=1S/C16H25NO2/c1-12(2)13-9-15(10-13)17-14-5-4-6-16(11-14)19-8-7-18-3/h4-6,11-13,15,17H,7-10H2,1-3H3. The smallest absolute Gasteiger partial charge is 0.121 e. The predicted octanol–water partition coefficient (Wildman–Crippen LogP) is 3.56. The third-order valence-electron chi connectivity index (χ3n) is 3.88. The predicted molar refractivity (Wildman–Crippen MR) is 78.8 cm³/mol. The van der Waals surface area contributed by atoms with Gasteiger partial charge in [-0.2, -0.15) is 0 Å². The lowest BCUT2D eigenvalue weighted by molar-refractivity contribution is 0.146. The lowest BCUT2D eigenvalue weighted by Gasteiger charge is -2.39. The molecule has 1 aromatic carbocycles. The van der Waals surface area contributed by atoms with Crippen LogP contribution < -0.4 is 10.1 Å². The van der Waals surface area contributed by atoms with E-state index in [4.69, 9.17) is 9.47 Å². The van der Waals surface area contributed by atoms with Gasteiger partial charge in [-0.25, -0.2) is 0 Å². The summed E-state index contributed by atoms with van der Waals surface area (Å²) in [5.74, 6) is 2.60. The second kappa shape index (κ2) is 6.80. The van der Waals surface area contributed by atoms with Crippen molar-refractivity contribution in [1.82, 2.24) is 0 Å². The molecule has 1 aliphatic carbocycles. The van der Waals surface area contributed by atoms with E-state index in [1.54, 1.807) is 7.11 Å². The zero-order valence-electron chi connectivity index (χ0n) is 12.2. The van der Waals surface area contributed by atoms with E-state index in [1.807, 2.05) is 12.1 Å². The molecule has 1 saturated carbocycles. The van der Waals surface area contributed by atoms with Gasteiger partial charge in [-0.05, 0) is 36.8 Å². The highest BCUT2D eigenvalue weighted by Crippen LogP contribution is 2.35. The Morgan fingerprint density at radius 2 is 2.05 bits per heavy atom. The van der Waals surface area contributed by atoms with E-state index >= 15 is 0 Å². The van der Waals surface area contributed by atoms with Gasteiger partial charge in [-0.1, -0.05) is 19.9 Å². The van der Waals surface area contributed by atoms with Crippen molar-refractivity contribution in [2.45, 2.75) is 32.7 Å². The molecule has 0 saturated heterocycles. The average Bonchev–Trinajstić information content (AvgIpc) is 2.34. The monoisotopic (exact) mass is 263 g/mol. The number of nitrogens with one attached hydrogen (secondary N) is 1. The second-order valence-corrected chi connectivity index (χ2v) is 5.69. The molecule has 0 radical (unpaired) electrons. The highest BCUT2D eigenvalue weighted by molar-refractivity contribution is 5.49. The maximum absolute atomic E-state index is 5.61. The number of ether oxygens (including phenoxy) is 2. The molecule has 1 fully saturated rings. The summed E-state index contributed by atoms with van der Waals surface area (Å²) in [4.78, 5) is 0. The van der Waals surface area contributed by atoms with E-state index in [1.165, 1.54) is 12.8 Å². The summed E-state index contributed by atoms with van der Waals surface area (Å²) in [7, 11) is 1.68. The van der Waals surface area contributed by atoms with Crippen LogP contribution in [0.1, 0.15) is 26.7 Å². The molecule has 3 heteroatoms. The molecule has 0 spiro atoms. The topological polar surface area (TPSA) is 30.5 Å². The van der Waals surface area contributed by atoms with E-state index in [2.05, 4.69) is 31.3 Å². The highest BCUT2D eigenvalue weighted by atomic mass is 16.5. The lowest BCUT2D eigenvalue weighted by atomic mass is 9.73. The van der Waals surface area contributed by atoms with Gasteiger partial charge in [0.25, 0.3) is 0 Å². The molecular weight excluding hydrogens is 238 g/mol. The molecule has 0 heterocycles. The summed E-state index contributed by atoms with van der Waals surface area (Å²) >= 11 is 0. The van der Waals surface area contributed by atoms with Gasteiger partial charge in [0.15, 0.2) is 0 Å². The summed E-state index contributed by atoms with van der Waals surface area (Å²) in [5, 5.41) is 3.58. The quantitative estimate of drug-likeness (QED) is 0.763. The Hall–Kier alpha value is -1.22. The first-order valence-electron chi connectivity index (χ1n) is 7.17. The molecule has 2 rings (SSSR count). The normalized spacial score (nSPS) is 22.1. The summed E-state index contributed by atoms with van der Waals surface area (Å²) in [5.41, 5.74) is 1.15.